The summed E-state index contributed by atoms with van der Waals surface area (Å²) < 4.78 is 5.15. The van der Waals surface area contributed by atoms with Crippen LogP contribution in [-0.2, 0) is 14.3 Å². The third kappa shape index (κ3) is 3.11. The number of hydrogen-bond donors (Lipinski definition) is 0. The molecule has 7 heteroatoms. The van der Waals surface area contributed by atoms with Crippen LogP contribution in [0.25, 0.3) is 0 Å². The number of imide groups is 1. The van der Waals surface area contributed by atoms with Crippen molar-refractivity contribution >= 4 is 17.9 Å². The van der Waals surface area contributed by atoms with Crippen LogP contribution in [0.2, 0.25) is 0 Å². The summed E-state index contributed by atoms with van der Waals surface area (Å²) in [4.78, 5) is 38.1. The SMILES string of the molecule is C#CCN1CC(=O)N(COC(=O)[C@@H]2[C@@H](/C=C(/C)C#N)C2(C)C)C1=O. The van der Waals surface area contributed by atoms with Gasteiger partial charge >= 0.3 is 12.0 Å². The summed E-state index contributed by atoms with van der Waals surface area (Å²) in [5, 5.41) is 8.85. The smallest absolute Gasteiger partial charge is 0.330 e. The van der Waals surface area contributed by atoms with Crippen LogP contribution in [0.3, 0.4) is 0 Å². The second-order valence-electron chi connectivity index (χ2n) is 6.54. The van der Waals surface area contributed by atoms with Crippen molar-refractivity contribution in [3.8, 4) is 18.4 Å². The number of urea groups is 1. The molecule has 0 aromatic carbocycles. The fourth-order valence-corrected chi connectivity index (χ4v) is 2.92. The zero-order chi connectivity index (χ0) is 18.1. The molecule has 0 bridgehead atoms. The van der Waals surface area contributed by atoms with Crippen molar-refractivity contribution in [2.45, 2.75) is 20.8 Å². The molecule has 1 saturated carbocycles. The largest absolute Gasteiger partial charge is 0.443 e. The van der Waals surface area contributed by atoms with Crippen LogP contribution >= 0.6 is 0 Å². The number of hydrogen-bond acceptors (Lipinski definition) is 5. The predicted molar refractivity (Wildman–Crippen MR) is 83.7 cm³/mol. The third-order valence-electron chi connectivity index (χ3n) is 4.52. The van der Waals surface area contributed by atoms with Crippen LogP contribution < -0.4 is 0 Å². The predicted octanol–water partition coefficient (Wildman–Crippen LogP) is 1.13. The van der Waals surface area contributed by atoms with Gasteiger partial charge in [0.15, 0.2) is 6.73 Å². The maximum Gasteiger partial charge on any atom is 0.330 e. The summed E-state index contributed by atoms with van der Waals surface area (Å²) in [6, 6.07) is 1.47. The van der Waals surface area contributed by atoms with E-state index in [1.54, 1.807) is 13.0 Å². The van der Waals surface area contributed by atoms with Crippen molar-refractivity contribution in [2.24, 2.45) is 17.3 Å². The molecule has 2 aliphatic rings. The van der Waals surface area contributed by atoms with E-state index in [1.807, 2.05) is 19.9 Å². The molecule has 0 N–H and O–H groups in total. The minimum atomic E-state index is -0.558. The molecule has 3 amide bonds. The summed E-state index contributed by atoms with van der Waals surface area (Å²) in [6.45, 7) is 5.00. The van der Waals surface area contributed by atoms with Crippen LogP contribution in [0.5, 0.6) is 0 Å². The van der Waals surface area contributed by atoms with Gasteiger partial charge in [0, 0.05) is 5.57 Å². The van der Waals surface area contributed by atoms with Gasteiger partial charge in [-0.1, -0.05) is 25.8 Å². The Morgan fingerprint density at radius 3 is 2.75 bits per heavy atom. The first-order valence-corrected chi connectivity index (χ1v) is 7.52. The number of allylic oxidation sites excluding steroid dienone is 2. The van der Waals surface area contributed by atoms with E-state index in [0.29, 0.717) is 5.57 Å². The van der Waals surface area contributed by atoms with Gasteiger partial charge in [0.05, 0.1) is 18.5 Å². The number of nitriles is 1. The van der Waals surface area contributed by atoms with Crippen molar-refractivity contribution in [2.75, 3.05) is 19.8 Å². The van der Waals surface area contributed by atoms with Crippen molar-refractivity contribution in [3.05, 3.63) is 11.6 Å². The lowest BCUT2D eigenvalue weighted by atomic mass is 10.1. The fraction of sp³-hybridized carbons (Fsp3) is 0.529. The normalized spacial score (nSPS) is 25.3. The average molecular weight is 329 g/mol. The Bertz CT molecular complexity index is 696. The summed E-state index contributed by atoms with van der Waals surface area (Å²) in [5.41, 5.74) is 0.224. The van der Waals surface area contributed by atoms with E-state index in [0.717, 1.165) is 4.90 Å². The van der Waals surface area contributed by atoms with Crippen molar-refractivity contribution in [3.63, 3.8) is 0 Å². The van der Waals surface area contributed by atoms with Gasteiger partial charge in [0.1, 0.15) is 6.54 Å². The average Bonchev–Trinajstić information content (AvgIpc) is 2.94. The van der Waals surface area contributed by atoms with Gasteiger partial charge in [-0.15, -0.1) is 6.42 Å². The Balaban J connectivity index is 1.95. The summed E-state index contributed by atoms with van der Waals surface area (Å²) in [5.74, 6) is 0.884. The van der Waals surface area contributed by atoms with Gasteiger partial charge in [-0.3, -0.25) is 9.59 Å². The second-order valence-corrected chi connectivity index (χ2v) is 6.54. The quantitative estimate of drug-likeness (QED) is 0.326. The molecule has 0 radical (unpaired) electrons. The first-order valence-electron chi connectivity index (χ1n) is 7.52. The van der Waals surface area contributed by atoms with E-state index < -0.39 is 30.6 Å². The maximum atomic E-state index is 12.2. The van der Waals surface area contributed by atoms with Crippen LogP contribution in [0.4, 0.5) is 4.79 Å². The fourth-order valence-electron chi connectivity index (χ4n) is 2.92. The second kappa shape index (κ2) is 6.37. The highest BCUT2D eigenvalue weighted by Crippen LogP contribution is 2.59. The summed E-state index contributed by atoms with van der Waals surface area (Å²) >= 11 is 0. The van der Waals surface area contributed by atoms with E-state index >= 15 is 0 Å². The van der Waals surface area contributed by atoms with E-state index in [2.05, 4.69) is 5.92 Å². The van der Waals surface area contributed by atoms with Gasteiger partial charge in [-0.25, -0.2) is 9.69 Å². The van der Waals surface area contributed by atoms with Crippen LogP contribution in [0, 0.1) is 40.9 Å². The summed E-state index contributed by atoms with van der Waals surface area (Å²) in [7, 11) is 0. The van der Waals surface area contributed by atoms with Crippen molar-refractivity contribution < 1.29 is 19.1 Å². The van der Waals surface area contributed by atoms with E-state index in [9.17, 15) is 14.4 Å². The Labute approximate surface area is 140 Å². The van der Waals surface area contributed by atoms with Gasteiger partial charge in [-0.2, -0.15) is 5.26 Å². The maximum absolute atomic E-state index is 12.2. The molecule has 0 aromatic rings. The van der Waals surface area contributed by atoms with Crippen molar-refractivity contribution in [1.29, 1.82) is 5.26 Å². The first kappa shape index (κ1) is 17.6. The number of terminal acetylenes is 1. The van der Waals surface area contributed by atoms with Gasteiger partial charge in [0.25, 0.3) is 5.91 Å². The number of esters is 1. The Hall–Kier alpha value is -2.80. The molecular weight excluding hydrogens is 310 g/mol. The van der Waals surface area contributed by atoms with E-state index in [4.69, 9.17) is 16.4 Å². The van der Waals surface area contributed by atoms with Crippen LogP contribution in [0.15, 0.2) is 11.6 Å². The molecule has 0 aromatic heterocycles. The Morgan fingerprint density at radius 1 is 1.50 bits per heavy atom. The van der Waals surface area contributed by atoms with E-state index in [-0.39, 0.29) is 24.4 Å². The molecule has 2 atom stereocenters. The first-order chi connectivity index (χ1) is 11.2. The standard InChI is InChI=1S/C17H19N3O4/c1-5-6-19-9-13(21)20(16(19)23)10-24-15(22)14-12(17(14,3)4)7-11(2)8-18/h1,7,12,14H,6,9-10H2,2-4H3/b11-7-/t12-,14+/m1/s1. The lowest BCUT2D eigenvalue weighted by Crippen LogP contribution is -2.36. The Kier molecular flexibility index (Phi) is 4.66. The molecule has 24 heavy (non-hydrogen) atoms. The van der Waals surface area contributed by atoms with Crippen LogP contribution in [0.1, 0.15) is 20.8 Å². The number of rotatable bonds is 5. The van der Waals surface area contributed by atoms with Gasteiger partial charge in [-0.05, 0) is 18.3 Å². The molecule has 1 aliphatic carbocycles. The molecule has 2 rings (SSSR count). The number of ether oxygens (including phenoxy) is 1. The molecule has 0 spiro atoms. The minimum Gasteiger partial charge on any atom is -0.443 e. The molecule has 1 saturated heterocycles. The van der Waals surface area contributed by atoms with Crippen LogP contribution in [-0.4, -0.2) is 47.5 Å². The van der Waals surface area contributed by atoms with Gasteiger partial charge < -0.3 is 9.64 Å². The summed E-state index contributed by atoms with van der Waals surface area (Å²) in [6.07, 6.45) is 6.90. The molecular formula is C17H19N3O4. The Morgan fingerprint density at radius 2 is 2.17 bits per heavy atom. The number of carbonyl (C=O) groups excluding carboxylic acids is 3. The van der Waals surface area contributed by atoms with E-state index in [1.165, 1.54) is 4.90 Å². The molecule has 7 nitrogen and oxygen atoms in total. The highest BCUT2D eigenvalue weighted by molar-refractivity contribution is 6.02. The third-order valence-corrected chi connectivity index (χ3v) is 4.52. The van der Waals surface area contributed by atoms with Crippen molar-refractivity contribution in [1.82, 2.24) is 9.80 Å². The topological polar surface area (TPSA) is 90.7 Å². The highest BCUT2D eigenvalue weighted by Gasteiger charge is 2.61. The zero-order valence-corrected chi connectivity index (χ0v) is 13.9. The number of amides is 3. The number of carbonyl (C=O) groups is 3. The molecule has 1 heterocycles. The highest BCUT2D eigenvalue weighted by atomic mass is 16.5. The monoisotopic (exact) mass is 329 g/mol. The molecule has 1 aliphatic heterocycles. The minimum absolute atomic E-state index is 0.0327. The molecule has 126 valence electrons. The number of nitrogens with zero attached hydrogens (tertiary/aromatic N) is 3. The molecule has 2 fully saturated rings. The zero-order valence-electron chi connectivity index (χ0n) is 13.9. The molecule has 0 unspecified atom stereocenters. The van der Waals surface area contributed by atoms with Gasteiger partial charge in [0.2, 0.25) is 0 Å². The lowest BCUT2D eigenvalue weighted by molar-refractivity contribution is -0.151. The lowest BCUT2D eigenvalue weighted by Gasteiger charge is -2.15.